The third kappa shape index (κ3) is 4.87. The lowest BCUT2D eigenvalue weighted by Gasteiger charge is -2.35. The largest absolute Gasteiger partial charge is 0.454 e. The smallest absolute Gasteiger partial charge is 0.416 e. The molecule has 0 saturated carbocycles. The number of hydrogen-bond donors (Lipinski definition) is 0. The van der Waals surface area contributed by atoms with Crippen molar-refractivity contribution in [2.45, 2.75) is 25.6 Å². The van der Waals surface area contributed by atoms with Crippen LogP contribution in [-0.2, 0) is 23.9 Å². The van der Waals surface area contributed by atoms with Crippen molar-refractivity contribution in [3.05, 3.63) is 59.2 Å². The molecule has 0 N–H and O–H groups in total. The fourth-order valence-corrected chi connectivity index (χ4v) is 3.72. The number of carbonyl (C=O) groups excluding carboxylic acids is 1. The second-order valence-corrected chi connectivity index (χ2v) is 7.54. The summed E-state index contributed by atoms with van der Waals surface area (Å²) in [4.78, 5) is 16.6. The average molecular weight is 420 g/mol. The van der Waals surface area contributed by atoms with Crippen LogP contribution in [0.2, 0.25) is 0 Å². The summed E-state index contributed by atoms with van der Waals surface area (Å²) in [5.74, 6) is 1.56. The third-order valence-corrected chi connectivity index (χ3v) is 5.48. The molecule has 2 aromatic carbocycles. The second-order valence-electron chi connectivity index (χ2n) is 7.54. The number of alkyl halides is 3. The van der Waals surface area contributed by atoms with Crippen LogP contribution in [0.1, 0.15) is 23.1 Å². The van der Waals surface area contributed by atoms with E-state index in [0.717, 1.165) is 34.8 Å². The molecule has 0 aromatic heterocycles. The Balaban J connectivity index is 1.22. The van der Waals surface area contributed by atoms with Gasteiger partial charge in [-0.3, -0.25) is 9.69 Å². The molecule has 1 amide bonds. The zero-order valence-corrected chi connectivity index (χ0v) is 16.5. The summed E-state index contributed by atoms with van der Waals surface area (Å²) in [5.41, 5.74) is 1.24. The Morgan fingerprint density at radius 2 is 1.57 bits per heavy atom. The van der Waals surface area contributed by atoms with Gasteiger partial charge < -0.3 is 14.4 Å². The van der Waals surface area contributed by atoms with E-state index in [-0.39, 0.29) is 12.7 Å². The molecule has 0 bridgehead atoms. The highest BCUT2D eigenvalue weighted by Gasteiger charge is 2.30. The molecular formula is C22H23F3N2O3. The van der Waals surface area contributed by atoms with Gasteiger partial charge in [-0.25, -0.2) is 0 Å². The average Bonchev–Trinajstić information content (AvgIpc) is 3.20. The van der Waals surface area contributed by atoms with E-state index in [0.29, 0.717) is 45.6 Å². The Morgan fingerprint density at radius 3 is 2.27 bits per heavy atom. The molecule has 160 valence electrons. The Kier molecular flexibility index (Phi) is 5.85. The van der Waals surface area contributed by atoms with Crippen LogP contribution in [-0.4, -0.2) is 48.7 Å². The number of fused-ring (bicyclic) bond motifs is 1. The van der Waals surface area contributed by atoms with Crippen molar-refractivity contribution in [2.24, 2.45) is 0 Å². The second kappa shape index (κ2) is 8.55. The first-order valence-electron chi connectivity index (χ1n) is 9.93. The molecule has 1 saturated heterocycles. The highest BCUT2D eigenvalue weighted by atomic mass is 19.4. The highest BCUT2D eigenvalue weighted by molar-refractivity contribution is 5.76. The lowest BCUT2D eigenvalue weighted by molar-refractivity contribution is -0.137. The maximum absolute atomic E-state index is 12.7. The van der Waals surface area contributed by atoms with Crippen molar-refractivity contribution in [1.82, 2.24) is 9.80 Å². The SMILES string of the molecule is O=C(CCc1ccc2c(c1)OCO2)N1CCN(Cc2ccc(C(F)(F)F)cc2)CC1. The Bertz CT molecular complexity index is 891. The summed E-state index contributed by atoms with van der Waals surface area (Å²) in [6, 6.07) is 11.0. The molecule has 30 heavy (non-hydrogen) atoms. The summed E-state index contributed by atoms with van der Waals surface area (Å²) < 4.78 is 48.7. The van der Waals surface area contributed by atoms with E-state index in [1.54, 1.807) is 0 Å². The minimum absolute atomic E-state index is 0.113. The minimum atomic E-state index is -4.31. The number of halogens is 3. The van der Waals surface area contributed by atoms with Crippen LogP contribution < -0.4 is 9.47 Å². The lowest BCUT2D eigenvalue weighted by Crippen LogP contribution is -2.48. The van der Waals surface area contributed by atoms with Crippen molar-refractivity contribution < 1.29 is 27.4 Å². The van der Waals surface area contributed by atoms with Crippen LogP contribution in [0.4, 0.5) is 13.2 Å². The maximum atomic E-state index is 12.7. The fraction of sp³-hybridized carbons (Fsp3) is 0.409. The molecule has 2 aromatic rings. The summed E-state index contributed by atoms with van der Waals surface area (Å²) in [7, 11) is 0. The standard InChI is InChI=1S/C22H23F3N2O3/c23-22(24,25)18-5-1-17(2-6-18)14-26-9-11-27(12-10-26)21(28)8-4-16-3-7-19-20(13-16)30-15-29-19/h1-3,5-7,13H,4,8-12,14-15H2. The topological polar surface area (TPSA) is 42.0 Å². The molecule has 2 heterocycles. The van der Waals surface area contributed by atoms with E-state index in [1.165, 1.54) is 12.1 Å². The molecule has 2 aliphatic rings. The van der Waals surface area contributed by atoms with E-state index in [1.807, 2.05) is 23.1 Å². The Hall–Kier alpha value is -2.74. The number of piperazine rings is 1. The molecule has 8 heteroatoms. The normalized spacial score (nSPS) is 16.7. The minimum Gasteiger partial charge on any atom is -0.454 e. The number of ether oxygens (including phenoxy) is 2. The lowest BCUT2D eigenvalue weighted by atomic mass is 10.1. The number of rotatable bonds is 5. The first kappa shape index (κ1) is 20.5. The Labute approximate surface area is 173 Å². The van der Waals surface area contributed by atoms with Crippen molar-refractivity contribution in [3.8, 4) is 11.5 Å². The van der Waals surface area contributed by atoms with Gasteiger partial charge in [-0.2, -0.15) is 13.2 Å². The zero-order chi connectivity index (χ0) is 21.1. The summed E-state index contributed by atoms with van der Waals surface area (Å²) >= 11 is 0. The van der Waals surface area contributed by atoms with Gasteiger partial charge in [0.25, 0.3) is 0 Å². The van der Waals surface area contributed by atoms with Gasteiger partial charge in [-0.05, 0) is 41.8 Å². The van der Waals surface area contributed by atoms with Crippen LogP contribution in [0.5, 0.6) is 11.5 Å². The van der Waals surface area contributed by atoms with E-state index in [4.69, 9.17) is 9.47 Å². The van der Waals surface area contributed by atoms with Gasteiger partial charge >= 0.3 is 6.18 Å². The van der Waals surface area contributed by atoms with Crippen LogP contribution in [0, 0.1) is 0 Å². The maximum Gasteiger partial charge on any atom is 0.416 e. The van der Waals surface area contributed by atoms with Gasteiger partial charge in [0.1, 0.15) is 0 Å². The fourth-order valence-electron chi connectivity index (χ4n) is 3.72. The van der Waals surface area contributed by atoms with Gasteiger partial charge in [-0.1, -0.05) is 18.2 Å². The zero-order valence-electron chi connectivity index (χ0n) is 16.5. The Morgan fingerprint density at radius 1 is 0.900 bits per heavy atom. The van der Waals surface area contributed by atoms with E-state index in [9.17, 15) is 18.0 Å². The number of hydrogen-bond acceptors (Lipinski definition) is 4. The molecule has 2 aliphatic heterocycles. The monoisotopic (exact) mass is 420 g/mol. The van der Waals surface area contributed by atoms with Crippen molar-refractivity contribution >= 4 is 5.91 Å². The van der Waals surface area contributed by atoms with Crippen molar-refractivity contribution in [3.63, 3.8) is 0 Å². The molecule has 0 atom stereocenters. The first-order chi connectivity index (χ1) is 14.4. The molecule has 5 nitrogen and oxygen atoms in total. The predicted octanol–water partition coefficient (Wildman–Crippen LogP) is 3.71. The van der Waals surface area contributed by atoms with Crippen molar-refractivity contribution in [2.75, 3.05) is 33.0 Å². The van der Waals surface area contributed by atoms with Gasteiger partial charge in [-0.15, -0.1) is 0 Å². The summed E-state index contributed by atoms with van der Waals surface area (Å²) in [5, 5.41) is 0. The first-order valence-corrected chi connectivity index (χ1v) is 9.93. The molecule has 4 rings (SSSR count). The quantitative estimate of drug-likeness (QED) is 0.740. The third-order valence-electron chi connectivity index (χ3n) is 5.48. The van der Waals surface area contributed by atoms with Gasteiger partial charge in [0, 0.05) is 39.1 Å². The van der Waals surface area contributed by atoms with Crippen molar-refractivity contribution in [1.29, 1.82) is 0 Å². The predicted molar refractivity (Wildman–Crippen MR) is 104 cm³/mol. The van der Waals surface area contributed by atoms with Gasteiger partial charge in [0.05, 0.1) is 5.56 Å². The van der Waals surface area contributed by atoms with Crippen LogP contribution in [0.3, 0.4) is 0 Å². The van der Waals surface area contributed by atoms with Crippen LogP contribution >= 0.6 is 0 Å². The van der Waals surface area contributed by atoms with Gasteiger partial charge in [0.15, 0.2) is 11.5 Å². The van der Waals surface area contributed by atoms with Crippen LogP contribution in [0.25, 0.3) is 0 Å². The van der Waals surface area contributed by atoms with E-state index >= 15 is 0 Å². The molecule has 0 spiro atoms. The van der Waals surface area contributed by atoms with E-state index < -0.39 is 11.7 Å². The number of carbonyl (C=O) groups is 1. The number of amides is 1. The number of aryl methyl sites for hydroxylation is 1. The highest BCUT2D eigenvalue weighted by Crippen LogP contribution is 2.33. The number of benzene rings is 2. The van der Waals surface area contributed by atoms with Gasteiger partial charge in [0.2, 0.25) is 12.7 Å². The summed E-state index contributed by atoms with van der Waals surface area (Å²) in [6.07, 6.45) is -3.25. The molecule has 0 aliphatic carbocycles. The molecule has 0 unspecified atom stereocenters. The molecular weight excluding hydrogens is 397 g/mol. The van der Waals surface area contributed by atoms with Crippen LogP contribution in [0.15, 0.2) is 42.5 Å². The van der Waals surface area contributed by atoms with E-state index in [2.05, 4.69) is 4.90 Å². The molecule has 1 fully saturated rings. The summed E-state index contributed by atoms with van der Waals surface area (Å²) in [6.45, 7) is 3.47. The molecule has 0 radical (unpaired) electrons. The number of nitrogens with zero attached hydrogens (tertiary/aromatic N) is 2.